The van der Waals surface area contributed by atoms with Crippen LogP contribution in [0.25, 0.3) is 55.9 Å². The zero-order valence-electron chi connectivity index (χ0n) is 27.5. The molecule has 2 aromatic heterocycles. The Hall–Kier alpha value is -4.95. The van der Waals surface area contributed by atoms with E-state index in [9.17, 15) is 0 Å². The van der Waals surface area contributed by atoms with Crippen LogP contribution in [0.4, 0.5) is 0 Å². The van der Waals surface area contributed by atoms with Crippen LogP contribution in [0.5, 0.6) is 0 Å². The third-order valence-electron chi connectivity index (χ3n) is 9.35. The zero-order valence-corrected chi connectivity index (χ0v) is 29.9. The maximum Gasteiger partial charge on any atom is 0.0166 e. The molecule has 0 atom stereocenters. The van der Waals surface area contributed by atoms with Gasteiger partial charge in [-0.1, -0.05) is 108 Å². The monoisotopic (exact) mass is 809 g/mol. The molecule has 1 saturated carbocycles. The minimum Gasteiger partial charge on any atom is -0.305 e. The summed E-state index contributed by atoms with van der Waals surface area (Å²) >= 11 is 0. The Morgan fingerprint density at radius 1 is 0.551 bits per heavy atom. The van der Waals surface area contributed by atoms with Gasteiger partial charge in [-0.05, 0) is 89.0 Å². The van der Waals surface area contributed by atoms with E-state index in [1.54, 1.807) is 0 Å². The molecule has 3 heteroatoms. The number of aromatic nitrogens is 2. The molecule has 1 aliphatic carbocycles. The molecule has 7 aromatic rings. The van der Waals surface area contributed by atoms with Crippen LogP contribution in [-0.4, -0.2) is 9.97 Å². The van der Waals surface area contributed by atoms with Crippen molar-refractivity contribution in [3.05, 3.63) is 180 Å². The maximum atomic E-state index is 4.70. The smallest absolute Gasteiger partial charge is 0.0166 e. The first kappa shape index (κ1) is 32.6. The van der Waals surface area contributed by atoms with Crippen molar-refractivity contribution in [2.75, 3.05) is 0 Å². The SMILES string of the molecule is Cc1cc(CCc2c[c-]c(-c3ccccn3)cc2)cc(-c2ccccc2-c2c[c-]c(-c3cc(-c4ccc(C5CC5)cc4)ccn3)cc2)c1.[Ir]. The van der Waals surface area contributed by atoms with Crippen molar-refractivity contribution >= 4 is 0 Å². The van der Waals surface area contributed by atoms with Crippen molar-refractivity contribution in [1.82, 2.24) is 9.97 Å². The number of hydrogen-bond acceptors (Lipinski definition) is 2. The van der Waals surface area contributed by atoms with E-state index >= 15 is 0 Å². The molecule has 0 amide bonds. The van der Waals surface area contributed by atoms with Gasteiger partial charge in [0.1, 0.15) is 0 Å². The molecule has 8 rings (SSSR count). The first-order valence-corrected chi connectivity index (χ1v) is 16.9. The van der Waals surface area contributed by atoms with Gasteiger partial charge in [0.2, 0.25) is 0 Å². The molecule has 2 heterocycles. The Kier molecular flexibility index (Phi) is 9.75. The summed E-state index contributed by atoms with van der Waals surface area (Å²) < 4.78 is 0. The minimum absolute atomic E-state index is 0. The van der Waals surface area contributed by atoms with Crippen LogP contribution >= 0.6 is 0 Å². The molecule has 1 radical (unpaired) electrons. The van der Waals surface area contributed by atoms with Crippen molar-refractivity contribution < 1.29 is 20.1 Å². The molecule has 0 spiro atoms. The molecule has 0 unspecified atom stereocenters. The predicted molar refractivity (Wildman–Crippen MR) is 197 cm³/mol. The van der Waals surface area contributed by atoms with E-state index in [0.717, 1.165) is 46.8 Å². The molecule has 0 N–H and O–H groups in total. The van der Waals surface area contributed by atoms with E-state index in [1.165, 1.54) is 62.9 Å². The van der Waals surface area contributed by atoms with Gasteiger partial charge in [0, 0.05) is 32.5 Å². The van der Waals surface area contributed by atoms with Gasteiger partial charge in [0.15, 0.2) is 0 Å². The summed E-state index contributed by atoms with van der Waals surface area (Å²) in [5.74, 6) is 0.768. The molecular formula is C46H36IrN2-2. The van der Waals surface area contributed by atoms with Crippen LogP contribution < -0.4 is 0 Å². The van der Waals surface area contributed by atoms with Crippen LogP contribution in [0.3, 0.4) is 0 Å². The van der Waals surface area contributed by atoms with Gasteiger partial charge in [-0.2, -0.15) is 0 Å². The van der Waals surface area contributed by atoms with Gasteiger partial charge in [-0.15, -0.1) is 65.2 Å². The Morgan fingerprint density at radius 3 is 1.96 bits per heavy atom. The van der Waals surface area contributed by atoms with Gasteiger partial charge in [-0.3, -0.25) is 0 Å². The van der Waals surface area contributed by atoms with E-state index in [-0.39, 0.29) is 20.1 Å². The predicted octanol–water partition coefficient (Wildman–Crippen LogP) is 11.4. The number of hydrogen-bond donors (Lipinski definition) is 0. The van der Waals surface area contributed by atoms with Crippen LogP contribution in [0, 0.1) is 19.1 Å². The summed E-state index contributed by atoms with van der Waals surface area (Å²) in [6, 6.07) is 54.8. The van der Waals surface area contributed by atoms with E-state index in [0.29, 0.717) is 0 Å². The first-order chi connectivity index (χ1) is 23.7. The number of benzene rings is 5. The summed E-state index contributed by atoms with van der Waals surface area (Å²) in [5, 5.41) is 0. The molecule has 0 saturated heterocycles. The Labute approximate surface area is 303 Å². The fourth-order valence-corrected chi connectivity index (χ4v) is 6.60. The van der Waals surface area contributed by atoms with E-state index in [1.807, 2.05) is 30.6 Å². The third-order valence-corrected chi connectivity index (χ3v) is 9.35. The molecule has 241 valence electrons. The molecule has 1 fully saturated rings. The van der Waals surface area contributed by atoms with Crippen LogP contribution in [0.15, 0.2) is 146 Å². The summed E-state index contributed by atoms with van der Waals surface area (Å²) in [5.41, 5.74) is 16.5. The number of pyridine rings is 2. The molecule has 5 aromatic carbocycles. The number of rotatable bonds is 9. The largest absolute Gasteiger partial charge is 0.305 e. The van der Waals surface area contributed by atoms with Gasteiger partial charge < -0.3 is 9.97 Å². The van der Waals surface area contributed by atoms with Crippen LogP contribution in [0.2, 0.25) is 0 Å². The first-order valence-electron chi connectivity index (χ1n) is 16.9. The molecule has 0 aliphatic heterocycles. The van der Waals surface area contributed by atoms with Gasteiger partial charge in [-0.25, -0.2) is 0 Å². The van der Waals surface area contributed by atoms with E-state index in [2.05, 4.69) is 139 Å². The van der Waals surface area contributed by atoms with Crippen molar-refractivity contribution in [3.63, 3.8) is 0 Å². The quantitative estimate of drug-likeness (QED) is 0.136. The van der Waals surface area contributed by atoms with Crippen LogP contribution in [-0.2, 0) is 32.9 Å². The topological polar surface area (TPSA) is 25.8 Å². The zero-order chi connectivity index (χ0) is 32.3. The van der Waals surface area contributed by atoms with Crippen molar-refractivity contribution in [3.8, 4) is 55.9 Å². The fraction of sp³-hybridized carbons (Fsp3) is 0.130. The summed E-state index contributed by atoms with van der Waals surface area (Å²) in [4.78, 5) is 9.15. The van der Waals surface area contributed by atoms with Crippen molar-refractivity contribution in [1.29, 1.82) is 0 Å². The second kappa shape index (κ2) is 14.7. The number of nitrogens with zero attached hydrogens (tertiary/aromatic N) is 2. The Balaban J connectivity index is 0.00000378. The normalized spacial score (nSPS) is 12.3. The average Bonchev–Trinajstić information content (AvgIpc) is 4.01. The van der Waals surface area contributed by atoms with Gasteiger partial charge in [0.25, 0.3) is 0 Å². The maximum absolute atomic E-state index is 4.70. The molecule has 2 nitrogen and oxygen atoms in total. The third kappa shape index (κ3) is 7.55. The second-order valence-electron chi connectivity index (χ2n) is 12.9. The summed E-state index contributed by atoms with van der Waals surface area (Å²) in [6.45, 7) is 2.19. The standard InChI is InChI=1S/C46H36N2.Ir/c1-32-28-34(10-9-33-11-13-39(14-12-33)45-8-4-5-26-47-45)30-42(29-32)44-7-3-2-6-43(44)38-21-23-40(24-22-38)46-31-41(25-27-48-46)37-19-17-36(18-20-37)35-15-16-35;/h2-8,11-13,17-23,25-31,35H,9-10,15-16H2,1H3;/q-2;. The minimum atomic E-state index is 0. The summed E-state index contributed by atoms with van der Waals surface area (Å²) in [7, 11) is 0. The number of aryl methyl sites for hydroxylation is 3. The van der Waals surface area contributed by atoms with Gasteiger partial charge in [0.05, 0.1) is 0 Å². The Bertz CT molecular complexity index is 2170. The molecular weight excluding hydrogens is 773 g/mol. The molecule has 49 heavy (non-hydrogen) atoms. The average molecular weight is 809 g/mol. The summed E-state index contributed by atoms with van der Waals surface area (Å²) in [6.07, 6.45) is 8.30. The Morgan fingerprint density at radius 2 is 1.24 bits per heavy atom. The van der Waals surface area contributed by atoms with E-state index < -0.39 is 0 Å². The second-order valence-corrected chi connectivity index (χ2v) is 12.9. The van der Waals surface area contributed by atoms with Crippen molar-refractivity contribution in [2.24, 2.45) is 0 Å². The van der Waals surface area contributed by atoms with Crippen LogP contribution in [0.1, 0.15) is 41.0 Å². The molecule has 1 aliphatic rings. The van der Waals surface area contributed by atoms with Gasteiger partial charge >= 0.3 is 0 Å². The molecule has 0 bridgehead atoms. The van der Waals surface area contributed by atoms with E-state index in [4.69, 9.17) is 4.98 Å². The fourth-order valence-electron chi connectivity index (χ4n) is 6.60. The van der Waals surface area contributed by atoms with Crippen molar-refractivity contribution in [2.45, 2.75) is 38.5 Å².